The molecule has 0 aliphatic heterocycles. The van der Waals surface area contributed by atoms with Gasteiger partial charge in [-0.05, 0) is 24.6 Å². The van der Waals surface area contributed by atoms with Crippen molar-refractivity contribution in [3.63, 3.8) is 0 Å². The summed E-state index contributed by atoms with van der Waals surface area (Å²) in [7, 11) is 0. The third kappa shape index (κ3) is 2.99. The summed E-state index contributed by atoms with van der Waals surface area (Å²) in [5.74, 6) is 0.0578. The predicted octanol–water partition coefficient (Wildman–Crippen LogP) is 1.98. The maximum Gasteiger partial charge on any atom is 0.314 e. The molecule has 1 aromatic carbocycles. The van der Waals surface area contributed by atoms with Gasteiger partial charge in [-0.25, -0.2) is 0 Å². The van der Waals surface area contributed by atoms with Gasteiger partial charge in [0.05, 0.1) is 11.0 Å². The minimum atomic E-state index is -0.705. The summed E-state index contributed by atoms with van der Waals surface area (Å²) in [6.07, 6.45) is 3.48. The van der Waals surface area contributed by atoms with E-state index in [0.29, 0.717) is 23.0 Å². The average Bonchev–Trinajstić information content (AvgIpc) is 2.40. The van der Waals surface area contributed by atoms with Crippen LogP contribution in [-0.2, 0) is 0 Å². The van der Waals surface area contributed by atoms with Crippen LogP contribution < -0.4 is 11.1 Å². The monoisotopic (exact) mass is 260 g/mol. The van der Waals surface area contributed by atoms with Crippen molar-refractivity contribution in [3.05, 3.63) is 44.5 Å². The molecule has 0 aliphatic rings. The highest BCUT2D eigenvalue weighted by Crippen LogP contribution is 2.13. The zero-order valence-corrected chi connectivity index (χ0v) is 10.8. The highest BCUT2D eigenvalue weighted by atomic mass is 16.2. The summed E-state index contributed by atoms with van der Waals surface area (Å²) < 4.78 is 0. The largest absolute Gasteiger partial charge is 0.316 e. The van der Waals surface area contributed by atoms with Crippen molar-refractivity contribution in [1.82, 2.24) is 9.97 Å². The van der Waals surface area contributed by atoms with Gasteiger partial charge in [0.25, 0.3) is 0 Å². The fraction of sp³-hybridized carbons (Fsp3) is 0.357. The number of H-pyrrole nitrogens is 2. The molecule has 19 heavy (non-hydrogen) atoms. The summed E-state index contributed by atoms with van der Waals surface area (Å²) in [5, 5.41) is 0. The first kappa shape index (κ1) is 13.3. The Labute approximate surface area is 109 Å². The van der Waals surface area contributed by atoms with E-state index in [1.54, 1.807) is 18.2 Å². The van der Waals surface area contributed by atoms with E-state index < -0.39 is 11.1 Å². The minimum Gasteiger partial charge on any atom is -0.316 e. The SMILES string of the molecule is CCCCCC(=O)c1ccc2[nH]c(=O)c(=O)[nH]c2c1. The molecular formula is C14H16N2O3. The molecule has 0 atom stereocenters. The quantitative estimate of drug-likeness (QED) is 0.490. The number of benzene rings is 1. The highest BCUT2D eigenvalue weighted by Gasteiger charge is 2.07. The molecule has 1 heterocycles. The fourth-order valence-corrected chi connectivity index (χ4v) is 1.97. The molecule has 2 N–H and O–H groups in total. The Morgan fingerprint density at radius 3 is 2.42 bits per heavy atom. The van der Waals surface area contributed by atoms with Crippen molar-refractivity contribution >= 4 is 16.8 Å². The fourth-order valence-electron chi connectivity index (χ4n) is 1.97. The van der Waals surface area contributed by atoms with Gasteiger partial charge in [-0.3, -0.25) is 14.4 Å². The molecule has 5 nitrogen and oxygen atoms in total. The van der Waals surface area contributed by atoms with E-state index in [-0.39, 0.29) is 5.78 Å². The summed E-state index contributed by atoms with van der Waals surface area (Å²) in [6, 6.07) is 4.92. The third-order valence-electron chi connectivity index (χ3n) is 3.05. The van der Waals surface area contributed by atoms with Crippen molar-refractivity contribution in [2.75, 3.05) is 0 Å². The standard InChI is InChI=1S/C14H16N2O3/c1-2-3-4-5-12(17)9-6-7-10-11(8-9)16-14(19)13(18)15-10/h6-8H,2-5H2,1H3,(H,15,18)(H,16,19). The summed E-state index contributed by atoms with van der Waals surface area (Å²) in [6.45, 7) is 2.08. The van der Waals surface area contributed by atoms with Crippen LogP contribution in [0.4, 0.5) is 0 Å². The van der Waals surface area contributed by atoms with E-state index in [9.17, 15) is 14.4 Å². The Kier molecular flexibility index (Phi) is 3.94. The van der Waals surface area contributed by atoms with E-state index >= 15 is 0 Å². The molecule has 2 aromatic rings. The number of Topliss-reactive ketones (excluding diaryl/α,β-unsaturated/α-hetero) is 1. The number of aromatic nitrogens is 2. The number of nitrogens with one attached hydrogen (secondary N) is 2. The lowest BCUT2D eigenvalue weighted by Gasteiger charge is -2.02. The van der Waals surface area contributed by atoms with E-state index in [4.69, 9.17) is 0 Å². The zero-order valence-electron chi connectivity index (χ0n) is 10.8. The second-order valence-electron chi connectivity index (χ2n) is 4.55. The van der Waals surface area contributed by atoms with Gasteiger partial charge in [0, 0.05) is 12.0 Å². The lowest BCUT2D eigenvalue weighted by atomic mass is 10.0. The molecule has 0 aliphatic carbocycles. The molecule has 5 heteroatoms. The van der Waals surface area contributed by atoms with Gasteiger partial charge < -0.3 is 9.97 Å². The number of rotatable bonds is 5. The van der Waals surface area contributed by atoms with Crippen molar-refractivity contribution in [3.8, 4) is 0 Å². The van der Waals surface area contributed by atoms with Crippen molar-refractivity contribution < 1.29 is 4.79 Å². The molecule has 2 rings (SSSR count). The number of aromatic amines is 2. The lowest BCUT2D eigenvalue weighted by Crippen LogP contribution is -2.28. The normalized spacial score (nSPS) is 10.8. The van der Waals surface area contributed by atoms with Crippen LogP contribution >= 0.6 is 0 Å². The molecule has 0 unspecified atom stereocenters. The van der Waals surface area contributed by atoms with Crippen molar-refractivity contribution in [1.29, 1.82) is 0 Å². The van der Waals surface area contributed by atoms with Crippen LogP contribution in [0.2, 0.25) is 0 Å². The first-order chi connectivity index (χ1) is 9.11. The van der Waals surface area contributed by atoms with Crippen LogP contribution in [0.15, 0.2) is 27.8 Å². The molecule has 0 spiro atoms. The molecule has 0 saturated carbocycles. The molecule has 0 saturated heterocycles. The Morgan fingerprint density at radius 2 is 1.74 bits per heavy atom. The van der Waals surface area contributed by atoms with E-state index in [0.717, 1.165) is 19.3 Å². The number of unbranched alkanes of at least 4 members (excludes halogenated alkanes) is 2. The zero-order chi connectivity index (χ0) is 13.8. The predicted molar refractivity (Wildman–Crippen MR) is 73.7 cm³/mol. The van der Waals surface area contributed by atoms with E-state index in [2.05, 4.69) is 16.9 Å². The first-order valence-corrected chi connectivity index (χ1v) is 6.41. The second kappa shape index (κ2) is 5.65. The number of carbonyl (C=O) groups excluding carboxylic acids is 1. The Morgan fingerprint density at radius 1 is 1.05 bits per heavy atom. The number of fused-ring (bicyclic) bond motifs is 1. The highest BCUT2D eigenvalue weighted by molar-refractivity contribution is 5.98. The third-order valence-corrected chi connectivity index (χ3v) is 3.05. The number of hydrogen-bond acceptors (Lipinski definition) is 3. The number of carbonyl (C=O) groups is 1. The molecular weight excluding hydrogens is 244 g/mol. The van der Waals surface area contributed by atoms with Gasteiger partial charge >= 0.3 is 11.1 Å². The minimum absolute atomic E-state index is 0.0578. The van der Waals surface area contributed by atoms with Gasteiger partial charge in [-0.2, -0.15) is 0 Å². The van der Waals surface area contributed by atoms with Crippen LogP contribution in [0.25, 0.3) is 11.0 Å². The van der Waals surface area contributed by atoms with Gasteiger partial charge in [0.1, 0.15) is 0 Å². The summed E-state index contributed by atoms with van der Waals surface area (Å²) >= 11 is 0. The van der Waals surface area contributed by atoms with Crippen LogP contribution in [0, 0.1) is 0 Å². The smallest absolute Gasteiger partial charge is 0.314 e. The summed E-state index contributed by atoms with van der Waals surface area (Å²) in [5.41, 5.74) is 0.171. The Balaban J connectivity index is 2.31. The second-order valence-corrected chi connectivity index (χ2v) is 4.55. The molecule has 0 amide bonds. The molecule has 0 radical (unpaired) electrons. The van der Waals surface area contributed by atoms with Crippen molar-refractivity contribution in [2.45, 2.75) is 32.6 Å². The van der Waals surface area contributed by atoms with Gasteiger partial charge in [0.2, 0.25) is 0 Å². The lowest BCUT2D eigenvalue weighted by molar-refractivity contribution is 0.0979. The van der Waals surface area contributed by atoms with Crippen molar-refractivity contribution in [2.24, 2.45) is 0 Å². The Hall–Kier alpha value is -2.17. The number of hydrogen-bond donors (Lipinski definition) is 2. The van der Waals surface area contributed by atoms with Crippen LogP contribution in [0.5, 0.6) is 0 Å². The van der Waals surface area contributed by atoms with Gasteiger partial charge in [-0.15, -0.1) is 0 Å². The molecule has 0 bridgehead atoms. The summed E-state index contributed by atoms with van der Waals surface area (Å²) in [4.78, 5) is 39.3. The van der Waals surface area contributed by atoms with Crippen LogP contribution in [0.1, 0.15) is 43.0 Å². The average molecular weight is 260 g/mol. The Bertz CT molecular complexity index is 712. The van der Waals surface area contributed by atoms with E-state index in [1.807, 2.05) is 0 Å². The van der Waals surface area contributed by atoms with Gasteiger partial charge in [0.15, 0.2) is 5.78 Å². The maximum absolute atomic E-state index is 12.0. The number of ketones is 1. The molecule has 0 fully saturated rings. The van der Waals surface area contributed by atoms with Crippen LogP contribution in [-0.4, -0.2) is 15.8 Å². The van der Waals surface area contributed by atoms with E-state index in [1.165, 1.54) is 0 Å². The molecule has 1 aromatic heterocycles. The molecule has 100 valence electrons. The van der Waals surface area contributed by atoms with Crippen LogP contribution in [0.3, 0.4) is 0 Å². The maximum atomic E-state index is 12.0. The topological polar surface area (TPSA) is 82.8 Å². The first-order valence-electron chi connectivity index (χ1n) is 6.41. The van der Waals surface area contributed by atoms with Gasteiger partial charge in [-0.1, -0.05) is 19.8 Å².